The van der Waals surface area contributed by atoms with Crippen molar-refractivity contribution >= 4 is 11.9 Å². The van der Waals surface area contributed by atoms with Gasteiger partial charge in [0.1, 0.15) is 0 Å². The van der Waals surface area contributed by atoms with E-state index in [0.29, 0.717) is 0 Å². The largest absolute Gasteiger partial charge is 0.550 e. The number of hydrogen-bond donors (Lipinski definition) is 1. The van der Waals surface area contributed by atoms with E-state index in [4.69, 9.17) is 0 Å². The normalized spacial score (nSPS) is 13.6. The van der Waals surface area contributed by atoms with Crippen LogP contribution < -0.4 is 10.2 Å². The molecular formula is C9H14O5-2. The first-order valence-corrected chi connectivity index (χ1v) is 4.50. The van der Waals surface area contributed by atoms with Crippen molar-refractivity contribution < 1.29 is 24.9 Å². The Kier molecular flexibility index (Phi) is 4.56. The zero-order valence-corrected chi connectivity index (χ0v) is 8.28. The summed E-state index contributed by atoms with van der Waals surface area (Å²) in [5.41, 5.74) is -1.49. The van der Waals surface area contributed by atoms with Crippen molar-refractivity contribution in [1.82, 2.24) is 0 Å². The third-order valence-corrected chi connectivity index (χ3v) is 2.67. The van der Waals surface area contributed by atoms with Crippen LogP contribution in [-0.4, -0.2) is 23.1 Å². The fraction of sp³-hybridized carbons (Fsp3) is 0.778. The quantitative estimate of drug-likeness (QED) is 0.539. The summed E-state index contributed by atoms with van der Waals surface area (Å²) in [6.45, 7) is 3.13. The zero-order chi connectivity index (χ0) is 11.4. The zero-order valence-electron chi connectivity index (χ0n) is 8.28. The standard InChI is InChI=1S/C9H16O5/c1-3-9(4-2,8(13)14)6(10)5-7(11)12/h6,10H,3-5H2,1-2H3,(H,11,12)(H,13,14)/p-2. The summed E-state index contributed by atoms with van der Waals surface area (Å²) in [5, 5.41) is 30.5. The number of hydrogen-bond acceptors (Lipinski definition) is 5. The lowest BCUT2D eigenvalue weighted by Crippen LogP contribution is -2.51. The number of carboxylic acid groups (broad SMARTS) is 2. The first kappa shape index (κ1) is 12.9. The van der Waals surface area contributed by atoms with Crippen LogP contribution in [0.25, 0.3) is 0 Å². The highest BCUT2D eigenvalue weighted by Crippen LogP contribution is 2.31. The minimum absolute atomic E-state index is 0.125. The highest BCUT2D eigenvalue weighted by Gasteiger charge is 2.35. The first-order chi connectivity index (χ1) is 6.40. The second-order valence-corrected chi connectivity index (χ2v) is 3.24. The molecule has 0 heterocycles. The summed E-state index contributed by atoms with van der Waals surface area (Å²) >= 11 is 0. The molecule has 0 saturated heterocycles. The maximum absolute atomic E-state index is 10.8. The lowest BCUT2D eigenvalue weighted by Gasteiger charge is -2.37. The Labute approximate surface area is 82.4 Å². The van der Waals surface area contributed by atoms with Gasteiger partial charge in [-0.15, -0.1) is 0 Å². The number of carboxylic acids is 2. The molecule has 0 aromatic carbocycles. The smallest absolute Gasteiger partial charge is 0.0700 e. The molecule has 0 bridgehead atoms. The molecular weight excluding hydrogens is 188 g/mol. The number of aliphatic hydroxyl groups is 1. The molecule has 0 aliphatic rings. The number of rotatable bonds is 6. The van der Waals surface area contributed by atoms with Crippen molar-refractivity contribution in [3.8, 4) is 0 Å². The Balaban J connectivity index is 4.79. The van der Waals surface area contributed by atoms with Gasteiger partial charge in [-0.25, -0.2) is 0 Å². The lowest BCUT2D eigenvalue weighted by molar-refractivity contribution is -0.326. The van der Waals surface area contributed by atoms with E-state index in [-0.39, 0.29) is 12.8 Å². The van der Waals surface area contributed by atoms with Gasteiger partial charge in [0.2, 0.25) is 0 Å². The molecule has 5 nitrogen and oxygen atoms in total. The van der Waals surface area contributed by atoms with Crippen LogP contribution in [0.4, 0.5) is 0 Å². The molecule has 0 amide bonds. The van der Waals surface area contributed by atoms with Crippen LogP contribution in [-0.2, 0) is 9.59 Å². The van der Waals surface area contributed by atoms with Crippen molar-refractivity contribution in [3.05, 3.63) is 0 Å². The van der Waals surface area contributed by atoms with E-state index in [0.717, 1.165) is 0 Å². The molecule has 0 rings (SSSR count). The lowest BCUT2D eigenvalue weighted by atomic mass is 9.76. The maximum atomic E-state index is 10.8. The van der Waals surface area contributed by atoms with Gasteiger partial charge in [0.15, 0.2) is 0 Å². The van der Waals surface area contributed by atoms with Gasteiger partial charge in [-0.05, 0) is 12.8 Å². The monoisotopic (exact) mass is 202 g/mol. The first-order valence-electron chi connectivity index (χ1n) is 4.50. The number of carbonyl (C=O) groups is 2. The Morgan fingerprint density at radius 3 is 1.93 bits per heavy atom. The van der Waals surface area contributed by atoms with Crippen LogP contribution in [0.1, 0.15) is 33.1 Å². The molecule has 82 valence electrons. The average molecular weight is 202 g/mol. The van der Waals surface area contributed by atoms with Gasteiger partial charge in [-0.1, -0.05) is 13.8 Å². The summed E-state index contributed by atoms with van der Waals surface area (Å²) in [7, 11) is 0. The number of aliphatic carboxylic acids is 2. The van der Waals surface area contributed by atoms with Crippen molar-refractivity contribution in [2.75, 3.05) is 0 Å². The van der Waals surface area contributed by atoms with Gasteiger partial charge in [-0.3, -0.25) is 0 Å². The molecule has 0 aliphatic heterocycles. The molecule has 1 N–H and O–H groups in total. The molecule has 0 aromatic rings. The highest BCUT2D eigenvalue weighted by atomic mass is 16.4. The topological polar surface area (TPSA) is 100 Å². The molecule has 14 heavy (non-hydrogen) atoms. The predicted octanol–water partition coefficient (Wildman–Crippen LogP) is -1.96. The molecule has 0 fully saturated rings. The van der Waals surface area contributed by atoms with Crippen molar-refractivity contribution in [3.63, 3.8) is 0 Å². The Bertz CT molecular complexity index is 219. The minimum atomic E-state index is -1.49. The van der Waals surface area contributed by atoms with E-state index in [1.807, 2.05) is 0 Å². The Hall–Kier alpha value is -1.10. The molecule has 0 spiro atoms. The summed E-state index contributed by atoms with van der Waals surface area (Å²) in [4.78, 5) is 21.0. The van der Waals surface area contributed by atoms with Crippen LogP contribution in [0, 0.1) is 5.41 Å². The van der Waals surface area contributed by atoms with Gasteiger partial charge in [0, 0.05) is 17.8 Å². The molecule has 1 atom stereocenters. The third kappa shape index (κ3) is 2.45. The molecule has 5 heteroatoms. The number of aliphatic hydroxyl groups excluding tert-OH is 1. The molecule has 1 unspecified atom stereocenters. The van der Waals surface area contributed by atoms with E-state index >= 15 is 0 Å². The van der Waals surface area contributed by atoms with E-state index in [1.54, 1.807) is 13.8 Å². The fourth-order valence-corrected chi connectivity index (χ4v) is 1.50. The second kappa shape index (κ2) is 4.95. The van der Waals surface area contributed by atoms with Crippen LogP contribution in [0.2, 0.25) is 0 Å². The van der Waals surface area contributed by atoms with Crippen LogP contribution in [0.15, 0.2) is 0 Å². The van der Waals surface area contributed by atoms with Crippen LogP contribution in [0.5, 0.6) is 0 Å². The molecule has 0 aliphatic carbocycles. The van der Waals surface area contributed by atoms with Gasteiger partial charge in [-0.2, -0.15) is 0 Å². The maximum Gasteiger partial charge on any atom is 0.0700 e. The molecule has 0 radical (unpaired) electrons. The molecule has 0 aromatic heterocycles. The van der Waals surface area contributed by atoms with Crippen molar-refractivity contribution in [2.24, 2.45) is 5.41 Å². The van der Waals surface area contributed by atoms with Gasteiger partial charge < -0.3 is 24.9 Å². The Morgan fingerprint density at radius 1 is 1.29 bits per heavy atom. The summed E-state index contributed by atoms with van der Waals surface area (Å²) in [5.74, 6) is -2.89. The summed E-state index contributed by atoms with van der Waals surface area (Å²) in [6, 6.07) is 0. The van der Waals surface area contributed by atoms with Crippen LogP contribution in [0.3, 0.4) is 0 Å². The third-order valence-electron chi connectivity index (χ3n) is 2.67. The average Bonchev–Trinajstić information content (AvgIpc) is 2.05. The fourth-order valence-electron chi connectivity index (χ4n) is 1.50. The minimum Gasteiger partial charge on any atom is -0.550 e. The van der Waals surface area contributed by atoms with Crippen LogP contribution >= 0.6 is 0 Å². The number of carbonyl (C=O) groups excluding carboxylic acids is 2. The van der Waals surface area contributed by atoms with E-state index < -0.39 is 29.9 Å². The Morgan fingerprint density at radius 2 is 1.71 bits per heavy atom. The van der Waals surface area contributed by atoms with Crippen molar-refractivity contribution in [2.45, 2.75) is 39.2 Å². The SMILES string of the molecule is CCC(CC)(C(=O)[O-])C(O)CC(=O)[O-]. The predicted molar refractivity (Wildman–Crippen MR) is 43.7 cm³/mol. The van der Waals surface area contributed by atoms with E-state index in [2.05, 4.69) is 0 Å². The van der Waals surface area contributed by atoms with Gasteiger partial charge in [0.05, 0.1) is 12.1 Å². The summed E-state index contributed by atoms with van der Waals surface area (Å²) < 4.78 is 0. The summed E-state index contributed by atoms with van der Waals surface area (Å²) in [6.07, 6.45) is -1.90. The van der Waals surface area contributed by atoms with Gasteiger partial charge in [0.25, 0.3) is 0 Å². The van der Waals surface area contributed by atoms with Crippen molar-refractivity contribution in [1.29, 1.82) is 0 Å². The highest BCUT2D eigenvalue weighted by molar-refractivity contribution is 5.75. The van der Waals surface area contributed by atoms with E-state index in [1.165, 1.54) is 0 Å². The van der Waals surface area contributed by atoms with Gasteiger partial charge >= 0.3 is 0 Å². The van der Waals surface area contributed by atoms with E-state index in [9.17, 15) is 24.9 Å². The second-order valence-electron chi connectivity index (χ2n) is 3.24. The molecule has 0 saturated carbocycles.